The summed E-state index contributed by atoms with van der Waals surface area (Å²) >= 11 is 0. The van der Waals surface area contributed by atoms with E-state index in [2.05, 4.69) is 11.8 Å². The van der Waals surface area contributed by atoms with Gasteiger partial charge in [-0.25, -0.2) is 4.39 Å². The van der Waals surface area contributed by atoms with Gasteiger partial charge in [-0.2, -0.15) is 0 Å². The first kappa shape index (κ1) is 12.3. The van der Waals surface area contributed by atoms with E-state index in [9.17, 15) is 4.39 Å². The van der Waals surface area contributed by atoms with Crippen LogP contribution in [-0.2, 0) is 11.3 Å². The smallest absolute Gasteiger partial charge is 0.123 e. The number of hydrogen-bond donors (Lipinski definition) is 1. The van der Waals surface area contributed by atoms with E-state index in [1.165, 1.54) is 12.1 Å². The number of hydrogen-bond acceptors (Lipinski definition) is 3. The molecule has 0 aromatic heterocycles. The van der Waals surface area contributed by atoms with Crippen molar-refractivity contribution >= 4 is 5.69 Å². The number of rotatable bonds is 2. The number of morpholine rings is 1. The number of ether oxygens (including phenoxy) is 1. The minimum atomic E-state index is -0.233. The molecule has 3 nitrogen and oxygen atoms in total. The fourth-order valence-electron chi connectivity index (χ4n) is 2.12. The number of nitrogens with zero attached hydrogens (tertiary/aromatic N) is 1. The fourth-order valence-corrected chi connectivity index (χ4v) is 2.12. The van der Waals surface area contributed by atoms with Crippen LogP contribution in [-0.4, -0.2) is 30.2 Å². The van der Waals surface area contributed by atoms with Gasteiger partial charge in [0, 0.05) is 24.8 Å². The molecule has 0 amide bonds. The standard InChI is InChI=1S/C13H19FN2O/c1-9-8-17-10(2)6-16(9)7-11-5-12(14)3-4-13(11)15/h3-5,9-10H,6-8,15H2,1-2H3. The molecule has 2 rings (SSSR count). The predicted octanol–water partition coefficient (Wildman–Crippen LogP) is 2.02. The topological polar surface area (TPSA) is 38.5 Å². The quantitative estimate of drug-likeness (QED) is 0.801. The van der Waals surface area contributed by atoms with Crippen molar-refractivity contribution in [2.24, 2.45) is 0 Å². The maximum atomic E-state index is 13.2. The first-order valence-corrected chi connectivity index (χ1v) is 5.96. The molecule has 94 valence electrons. The zero-order valence-electron chi connectivity index (χ0n) is 10.3. The first-order valence-electron chi connectivity index (χ1n) is 5.96. The molecule has 0 spiro atoms. The van der Waals surface area contributed by atoms with Gasteiger partial charge in [-0.1, -0.05) is 0 Å². The third-order valence-electron chi connectivity index (χ3n) is 3.22. The molecule has 1 aliphatic heterocycles. The Morgan fingerprint density at radius 1 is 1.47 bits per heavy atom. The maximum Gasteiger partial charge on any atom is 0.123 e. The van der Waals surface area contributed by atoms with Crippen LogP contribution >= 0.6 is 0 Å². The van der Waals surface area contributed by atoms with E-state index >= 15 is 0 Å². The van der Waals surface area contributed by atoms with Gasteiger partial charge < -0.3 is 10.5 Å². The zero-order chi connectivity index (χ0) is 12.4. The number of nitrogen functional groups attached to an aromatic ring is 1. The molecule has 0 radical (unpaired) electrons. The molecular weight excluding hydrogens is 219 g/mol. The molecule has 1 aromatic rings. The SMILES string of the molecule is CC1CN(Cc2cc(F)ccc2N)C(C)CO1. The minimum absolute atomic E-state index is 0.223. The molecule has 2 N–H and O–H groups in total. The van der Waals surface area contributed by atoms with Crippen LogP contribution in [0.15, 0.2) is 18.2 Å². The van der Waals surface area contributed by atoms with Crippen molar-refractivity contribution in [2.45, 2.75) is 32.5 Å². The molecule has 0 bridgehead atoms. The summed E-state index contributed by atoms with van der Waals surface area (Å²) in [7, 11) is 0. The number of nitrogens with two attached hydrogens (primary N) is 1. The molecule has 1 aromatic carbocycles. The van der Waals surface area contributed by atoms with Gasteiger partial charge in [-0.3, -0.25) is 4.90 Å². The molecular formula is C13H19FN2O. The average Bonchev–Trinajstić information content (AvgIpc) is 2.28. The molecule has 2 unspecified atom stereocenters. The lowest BCUT2D eigenvalue weighted by molar-refractivity contribution is -0.0526. The highest BCUT2D eigenvalue weighted by Crippen LogP contribution is 2.20. The van der Waals surface area contributed by atoms with Crippen molar-refractivity contribution in [3.8, 4) is 0 Å². The van der Waals surface area contributed by atoms with Crippen molar-refractivity contribution in [1.82, 2.24) is 4.90 Å². The summed E-state index contributed by atoms with van der Waals surface area (Å²) < 4.78 is 18.7. The maximum absolute atomic E-state index is 13.2. The lowest BCUT2D eigenvalue weighted by Gasteiger charge is -2.37. The Bertz CT molecular complexity index is 397. The van der Waals surface area contributed by atoms with Crippen LogP contribution in [0.5, 0.6) is 0 Å². The summed E-state index contributed by atoms with van der Waals surface area (Å²) in [5.41, 5.74) is 7.37. The lowest BCUT2D eigenvalue weighted by Crippen LogP contribution is -2.46. The van der Waals surface area contributed by atoms with Gasteiger partial charge in [-0.05, 0) is 37.6 Å². The van der Waals surface area contributed by atoms with Crippen LogP contribution in [0.25, 0.3) is 0 Å². The monoisotopic (exact) mass is 238 g/mol. The summed E-state index contributed by atoms with van der Waals surface area (Å²) in [5, 5.41) is 0. The van der Waals surface area contributed by atoms with Crippen LogP contribution in [0.1, 0.15) is 19.4 Å². The van der Waals surface area contributed by atoms with E-state index in [4.69, 9.17) is 10.5 Å². The van der Waals surface area contributed by atoms with Crippen molar-refractivity contribution in [2.75, 3.05) is 18.9 Å². The highest BCUT2D eigenvalue weighted by atomic mass is 19.1. The molecule has 17 heavy (non-hydrogen) atoms. The fraction of sp³-hybridized carbons (Fsp3) is 0.538. The number of benzene rings is 1. The Balaban J connectivity index is 2.11. The van der Waals surface area contributed by atoms with Crippen molar-refractivity contribution in [3.05, 3.63) is 29.6 Å². The zero-order valence-corrected chi connectivity index (χ0v) is 10.3. The van der Waals surface area contributed by atoms with Crippen LogP contribution in [0.3, 0.4) is 0 Å². The molecule has 1 fully saturated rings. The molecule has 0 saturated carbocycles. The van der Waals surface area contributed by atoms with E-state index in [0.717, 1.165) is 18.7 Å². The summed E-state index contributed by atoms with van der Waals surface area (Å²) in [4.78, 5) is 2.28. The van der Waals surface area contributed by atoms with Crippen molar-refractivity contribution in [3.63, 3.8) is 0 Å². The van der Waals surface area contributed by atoms with Crippen molar-refractivity contribution < 1.29 is 9.13 Å². The van der Waals surface area contributed by atoms with E-state index < -0.39 is 0 Å². The van der Waals surface area contributed by atoms with Crippen LogP contribution in [0, 0.1) is 5.82 Å². The normalized spacial score (nSPS) is 26.1. The summed E-state index contributed by atoms with van der Waals surface area (Å²) in [6.45, 7) is 6.42. The second kappa shape index (κ2) is 5.02. The molecule has 1 saturated heterocycles. The van der Waals surface area contributed by atoms with Gasteiger partial charge in [-0.15, -0.1) is 0 Å². The van der Waals surface area contributed by atoms with Gasteiger partial charge in [0.1, 0.15) is 5.82 Å². The third kappa shape index (κ3) is 2.96. The highest BCUT2D eigenvalue weighted by molar-refractivity contribution is 5.46. The third-order valence-corrected chi connectivity index (χ3v) is 3.22. The van der Waals surface area contributed by atoms with Crippen LogP contribution in [0.4, 0.5) is 10.1 Å². The van der Waals surface area contributed by atoms with E-state index in [-0.39, 0.29) is 11.9 Å². The van der Waals surface area contributed by atoms with Gasteiger partial charge in [0.05, 0.1) is 12.7 Å². The van der Waals surface area contributed by atoms with E-state index in [1.807, 2.05) is 6.92 Å². The summed E-state index contributed by atoms with van der Waals surface area (Å²) in [5.74, 6) is -0.233. The van der Waals surface area contributed by atoms with Crippen LogP contribution < -0.4 is 5.73 Å². The second-order valence-corrected chi connectivity index (χ2v) is 4.77. The van der Waals surface area contributed by atoms with E-state index in [1.54, 1.807) is 6.07 Å². The highest BCUT2D eigenvalue weighted by Gasteiger charge is 2.23. The van der Waals surface area contributed by atoms with Gasteiger partial charge >= 0.3 is 0 Å². The molecule has 2 atom stereocenters. The van der Waals surface area contributed by atoms with Gasteiger partial charge in [0.15, 0.2) is 0 Å². The average molecular weight is 238 g/mol. The van der Waals surface area contributed by atoms with Gasteiger partial charge in [0.2, 0.25) is 0 Å². The number of halogens is 1. The summed E-state index contributed by atoms with van der Waals surface area (Å²) in [6, 6.07) is 4.87. The Labute approximate surface area is 101 Å². The lowest BCUT2D eigenvalue weighted by atomic mass is 10.1. The predicted molar refractivity (Wildman–Crippen MR) is 66.1 cm³/mol. The van der Waals surface area contributed by atoms with Crippen LogP contribution in [0.2, 0.25) is 0 Å². The Morgan fingerprint density at radius 2 is 2.24 bits per heavy atom. The summed E-state index contributed by atoms with van der Waals surface area (Å²) in [6.07, 6.45) is 0.223. The van der Waals surface area contributed by atoms with Gasteiger partial charge in [0.25, 0.3) is 0 Å². The Hall–Kier alpha value is -1.13. The molecule has 1 heterocycles. The molecule has 0 aliphatic carbocycles. The molecule has 4 heteroatoms. The first-order chi connectivity index (χ1) is 8.06. The number of anilines is 1. The molecule has 1 aliphatic rings. The minimum Gasteiger partial charge on any atom is -0.398 e. The van der Waals surface area contributed by atoms with Crippen molar-refractivity contribution in [1.29, 1.82) is 0 Å². The Kier molecular flexibility index (Phi) is 3.64. The second-order valence-electron chi connectivity index (χ2n) is 4.77. The Morgan fingerprint density at radius 3 is 3.00 bits per heavy atom. The largest absolute Gasteiger partial charge is 0.398 e. The van der Waals surface area contributed by atoms with E-state index in [0.29, 0.717) is 18.3 Å².